The zero-order valence-corrected chi connectivity index (χ0v) is 14.7. The summed E-state index contributed by atoms with van der Waals surface area (Å²) >= 11 is 1.61. The van der Waals surface area contributed by atoms with Crippen molar-refractivity contribution in [3.63, 3.8) is 0 Å². The maximum atomic E-state index is 13.2. The average molecular weight is 342 g/mol. The third kappa shape index (κ3) is 2.96. The van der Waals surface area contributed by atoms with Crippen LogP contribution in [0.25, 0.3) is 0 Å². The van der Waals surface area contributed by atoms with Crippen LogP contribution in [0.3, 0.4) is 0 Å². The Morgan fingerprint density at radius 1 is 1.42 bits per heavy atom. The second kappa shape index (κ2) is 6.26. The first-order valence-corrected chi connectivity index (χ1v) is 9.40. The van der Waals surface area contributed by atoms with Crippen LogP contribution in [0, 0.1) is 12.3 Å². The summed E-state index contributed by atoms with van der Waals surface area (Å²) in [6, 6.07) is 5.97. The Balaban J connectivity index is 1.60. The van der Waals surface area contributed by atoms with Crippen LogP contribution < -0.4 is 5.32 Å². The first kappa shape index (κ1) is 15.7. The second-order valence-corrected chi connectivity index (χ2v) is 7.83. The quantitative estimate of drug-likeness (QED) is 0.928. The standard InChI is InChI=1S/C18H22N4OS/c1-13-3-2-4-14(21-13)17(23)22(12-16-20-9-10-24-16)15-11-18(15)5-7-19-8-6-18/h2-4,9-10,15,19H,5-8,11-12H2,1H3. The smallest absolute Gasteiger partial charge is 0.273 e. The van der Waals surface area contributed by atoms with Crippen LogP contribution in [0.1, 0.15) is 40.5 Å². The van der Waals surface area contributed by atoms with E-state index in [4.69, 9.17) is 0 Å². The van der Waals surface area contributed by atoms with Crippen LogP contribution in [0.15, 0.2) is 29.8 Å². The van der Waals surface area contributed by atoms with Crippen molar-refractivity contribution < 1.29 is 4.79 Å². The lowest BCUT2D eigenvalue weighted by Gasteiger charge is -2.29. The van der Waals surface area contributed by atoms with Crippen molar-refractivity contribution in [3.8, 4) is 0 Å². The van der Waals surface area contributed by atoms with Crippen LogP contribution in [0.5, 0.6) is 0 Å². The summed E-state index contributed by atoms with van der Waals surface area (Å²) < 4.78 is 0. The van der Waals surface area contributed by atoms with Gasteiger partial charge in [-0.1, -0.05) is 6.07 Å². The number of pyridine rings is 1. The number of carbonyl (C=O) groups excluding carboxylic acids is 1. The number of aryl methyl sites for hydroxylation is 1. The molecule has 1 aliphatic carbocycles. The first-order chi connectivity index (χ1) is 11.7. The van der Waals surface area contributed by atoms with Gasteiger partial charge < -0.3 is 10.2 Å². The third-order valence-corrected chi connectivity index (χ3v) is 6.04. The molecule has 0 aromatic carbocycles. The molecule has 1 saturated heterocycles. The Labute approximate surface area is 146 Å². The monoisotopic (exact) mass is 342 g/mol. The van der Waals surface area contributed by atoms with Gasteiger partial charge in [0, 0.05) is 23.3 Å². The zero-order chi connectivity index (χ0) is 16.6. The molecule has 0 radical (unpaired) electrons. The topological polar surface area (TPSA) is 58.1 Å². The van der Waals surface area contributed by atoms with Crippen LogP contribution >= 0.6 is 11.3 Å². The van der Waals surface area contributed by atoms with Gasteiger partial charge in [0.1, 0.15) is 10.7 Å². The molecule has 5 nitrogen and oxygen atoms in total. The molecule has 24 heavy (non-hydrogen) atoms. The molecule has 1 saturated carbocycles. The van der Waals surface area contributed by atoms with E-state index in [1.165, 1.54) is 0 Å². The Kier molecular flexibility index (Phi) is 4.10. The molecule has 0 bridgehead atoms. The van der Waals surface area contributed by atoms with Crippen molar-refractivity contribution in [3.05, 3.63) is 46.2 Å². The van der Waals surface area contributed by atoms with Gasteiger partial charge in [-0.15, -0.1) is 11.3 Å². The van der Waals surface area contributed by atoms with Gasteiger partial charge in [0.15, 0.2) is 0 Å². The summed E-state index contributed by atoms with van der Waals surface area (Å²) in [6.07, 6.45) is 5.22. The fourth-order valence-electron chi connectivity index (χ4n) is 3.84. The normalized spacial score (nSPS) is 21.6. The second-order valence-electron chi connectivity index (χ2n) is 6.86. The van der Waals surface area contributed by atoms with E-state index in [-0.39, 0.29) is 5.91 Å². The molecule has 2 fully saturated rings. The Bertz CT molecular complexity index is 724. The van der Waals surface area contributed by atoms with E-state index in [2.05, 4.69) is 15.3 Å². The number of carbonyl (C=O) groups is 1. The number of amides is 1. The van der Waals surface area contributed by atoms with Crippen LogP contribution in [-0.4, -0.2) is 39.9 Å². The Morgan fingerprint density at radius 3 is 2.96 bits per heavy atom. The van der Waals surface area contributed by atoms with Crippen molar-refractivity contribution >= 4 is 17.2 Å². The molecule has 1 N–H and O–H groups in total. The Morgan fingerprint density at radius 2 is 2.25 bits per heavy atom. The minimum Gasteiger partial charge on any atom is -0.327 e. The molecule has 1 spiro atoms. The lowest BCUT2D eigenvalue weighted by atomic mass is 9.93. The molecule has 6 heteroatoms. The van der Waals surface area contributed by atoms with E-state index in [1.54, 1.807) is 17.5 Å². The van der Waals surface area contributed by atoms with Gasteiger partial charge in [0.25, 0.3) is 5.91 Å². The minimum absolute atomic E-state index is 0.0364. The fourth-order valence-corrected chi connectivity index (χ4v) is 4.45. The van der Waals surface area contributed by atoms with E-state index >= 15 is 0 Å². The van der Waals surface area contributed by atoms with Crippen LogP contribution in [-0.2, 0) is 6.54 Å². The number of nitrogens with zero attached hydrogens (tertiary/aromatic N) is 3. The van der Waals surface area contributed by atoms with Gasteiger partial charge >= 0.3 is 0 Å². The highest BCUT2D eigenvalue weighted by atomic mass is 32.1. The molecular weight excluding hydrogens is 320 g/mol. The molecule has 2 aliphatic rings. The zero-order valence-electron chi connectivity index (χ0n) is 13.9. The molecule has 1 aliphatic heterocycles. The van der Waals surface area contributed by atoms with Crippen LogP contribution in [0.4, 0.5) is 0 Å². The molecule has 126 valence electrons. The highest BCUT2D eigenvalue weighted by Gasteiger charge is 2.58. The summed E-state index contributed by atoms with van der Waals surface area (Å²) in [7, 11) is 0. The average Bonchev–Trinajstić information content (AvgIpc) is 3.04. The number of aromatic nitrogens is 2. The van der Waals surface area contributed by atoms with Crippen molar-refractivity contribution in [1.82, 2.24) is 20.2 Å². The fraction of sp³-hybridized carbons (Fsp3) is 0.500. The molecule has 1 amide bonds. The van der Waals surface area contributed by atoms with E-state index in [0.29, 0.717) is 23.7 Å². The molecule has 1 atom stereocenters. The van der Waals surface area contributed by atoms with E-state index < -0.39 is 0 Å². The molecular formula is C18H22N4OS. The van der Waals surface area contributed by atoms with Crippen molar-refractivity contribution in [2.45, 2.75) is 38.8 Å². The molecule has 3 heterocycles. The maximum absolute atomic E-state index is 13.2. The summed E-state index contributed by atoms with van der Waals surface area (Å²) in [5.41, 5.74) is 1.73. The number of nitrogens with one attached hydrogen (secondary N) is 1. The van der Waals surface area contributed by atoms with E-state index in [0.717, 1.165) is 43.1 Å². The predicted octanol–water partition coefficient (Wildman–Crippen LogP) is 2.63. The number of rotatable bonds is 4. The maximum Gasteiger partial charge on any atom is 0.273 e. The van der Waals surface area contributed by atoms with Crippen molar-refractivity contribution in [1.29, 1.82) is 0 Å². The van der Waals surface area contributed by atoms with Gasteiger partial charge in [-0.2, -0.15) is 0 Å². The van der Waals surface area contributed by atoms with Crippen molar-refractivity contribution in [2.24, 2.45) is 5.41 Å². The third-order valence-electron chi connectivity index (χ3n) is 5.28. The van der Waals surface area contributed by atoms with Gasteiger partial charge in [-0.05, 0) is 56.8 Å². The summed E-state index contributed by atoms with van der Waals surface area (Å²) in [6.45, 7) is 4.62. The predicted molar refractivity (Wildman–Crippen MR) is 93.9 cm³/mol. The molecule has 4 rings (SSSR count). The lowest BCUT2D eigenvalue weighted by molar-refractivity contribution is 0.0686. The minimum atomic E-state index is 0.0364. The molecule has 1 unspecified atom stereocenters. The van der Waals surface area contributed by atoms with Gasteiger partial charge in [-0.25, -0.2) is 9.97 Å². The molecule has 2 aromatic heterocycles. The van der Waals surface area contributed by atoms with E-state index in [9.17, 15) is 4.79 Å². The Hall–Kier alpha value is -1.79. The summed E-state index contributed by atoms with van der Waals surface area (Å²) in [4.78, 5) is 24.0. The number of hydrogen-bond donors (Lipinski definition) is 1. The van der Waals surface area contributed by atoms with Gasteiger partial charge in [0.05, 0.1) is 6.54 Å². The molecule has 2 aromatic rings. The number of hydrogen-bond acceptors (Lipinski definition) is 5. The SMILES string of the molecule is Cc1cccc(C(=O)N(Cc2nccs2)C2CC23CCNCC3)n1. The van der Waals surface area contributed by atoms with Crippen LogP contribution in [0.2, 0.25) is 0 Å². The first-order valence-electron chi connectivity index (χ1n) is 8.52. The lowest BCUT2D eigenvalue weighted by Crippen LogP contribution is -2.39. The largest absolute Gasteiger partial charge is 0.327 e. The summed E-state index contributed by atoms with van der Waals surface area (Å²) in [5.74, 6) is 0.0364. The van der Waals surface area contributed by atoms with E-state index in [1.807, 2.05) is 35.4 Å². The summed E-state index contributed by atoms with van der Waals surface area (Å²) in [5, 5.41) is 6.39. The van der Waals surface area contributed by atoms with Gasteiger partial charge in [0.2, 0.25) is 0 Å². The highest BCUT2D eigenvalue weighted by molar-refractivity contribution is 7.09. The number of piperidine rings is 1. The van der Waals surface area contributed by atoms with Crippen molar-refractivity contribution in [2.75, 3.05) is 13.1 Å². The highest BCUT2D eigenvalue weighted by Crippen LogP contribution is 2.56. The number of thiazole rings is 1. The van der Waals surface area contributed by atoms with Gasteiger partial charge in [-0.3, -0.25) is 4.79 Å².